The number of benzene rings is 1. The summed E-state index contributed by atoms with van der Waals surface area (Å²) >= 11 is 0. The predicted molar refractivity (Wildman–Crippen MR) is 105 cm³/mol. The van der Waals surface area contributed by atoms with Gasteiger partial charge in [0.2, 0.25) is 5.89 Å². The van der Waals surface area contributed by atoms with Crippen molar-refractivity contribution in [2.24, 2.45) is 5.73 Å². The third-order valence-electron chi connectivity index (χ3n) is 4.26. The Balaban J connectivity index is 1.82. The molecule has 8 nitrogen and oxygen atoms in total. The van der Waals surface area contributed by atoms with E-state index in [4.69, 9.17) is 10.2 Å². The first-order valence-corrected chi connectivity index (χ1v) is 10.7. The highest BCUT2D eigenvalue weighted by molar-refractivity contribution is 7.92. The van der Waals surface area contributed by atoms with Gasteiger partial charge in [0.05, 0.1) is 28.2 Å². The Morgan fingerprint density at radius 2 is 1.75 bits per heavy atom. The van der Waals surface area contributed by atoms with E-state index in [2.05, 4.69) is 20.2 Å². The first-order chi connectivity index (χ1) is 13.4. The largest absolute Gasteiger partial charge is 0.419 e. The van der Waals surface area contributed by atoms with E-state index >= 15 is 0 Å². The first-order valence-electron chi connectivity index (χ1n) is 9.11. The summed E-state index contributed by atoms with van der Waals surface area (Å²) in [4.78, 5) is 9.00. The molecule has 0 atom stereocenters. The van der Waals surface area contributed by atoms with Gasteiger partial charge in [-0.15, -0.1) is 10.2 Å². The summed E-state index contributed by atoms with van der Waals surface area (Å²) in [6, 6.07) is 6.60. The molecule has 9 heteroatoms. The van der Waals surface area contributed by atoms with Gasteiger partial charge in [0, 0.05) is 12.0 Å². The molecular formula is C19H23N5O3S. The molecule has 0 unspecified atom stereocenters. The topological polar surface area (TPSA) is 125 Å². The van der Waals surface area contributed by atoms with Gasteiger partial charge >= 0.3 is 0 Å². The Labute approximate surface area is 164 Å². The minimum absolute atomic E-state index is 0.286. The van der Waals surface area contributed by atoms with Crippen LogP contribution in [0.25, 0.3) is 22.8 Å². The van der Waals surface area contributed by atoms with E-state index in [0.29, 0.717) is 36.1 Å². The zero-order chi connectivity index (χ0) is 20.1. The molecule has 148 valence electrons. The van der Waals surface area contributed by atoms with Crippen molar-refractivity contribution in [2.45, 2.75) is 43.3 Å². The van der Waals surface area contributed by atoms with Gasteiger partial charge in [-0.25, -0.2) is 13.4 Å². The van der Waals surface area contributed by atoms with E-state index in [9.17, 15) is 8.42 Å². The van der Waals surface area contributed by atoms with Crippen LogP contribution in [0.3, 0.4) is 0 Å². The Kier molecular flexibility index (Phi) is 6.15. The summed E-state index contributed by atoms with van der Waals surface area (Å²) in [6.45, 7) is 3.95. The fraction of sp³-hybridized carbons (Fsp3) is 0.368. The number of nitrogens with two attached hydrogens (primary N) is 1. The van der Waals surface area contributed by atoms with Crippen molar-refractivity contribution in [3.05, 3.63) is 42.5 Å². The molecule has 3 rings (SSSR count). The molecule has 0 aliphatic heterocycles. The second kappa shape index (κ2) is 8.57. The number of hydrogen-bond acceptors (Lipinski definition) is 8. The highest BCUT2D eigenvalue weighted by atomic mass is 32.2. The van der Waals surface area contributed by atoms with Crippen molar-refractivity contribution >= 4 is 9.84 Å². The Morgan fingerprint density at radius 3 is 2.43 bits per heavy atom. The van der Waals surface area contributed by atoms with Crippen LogP contribution >= 0.6 is 0 Å². The van der Waals surface area contributed by atoms with E-state index in [1.807, 2.05) is 0 Å². The van der Waals surface area contributed by atoms with Crippen molar-refractivity contribution in [1.29, 1.82) is 0 Å². The van der Waals surface area contributed by atoms with E-state index < -0.39 is 15.1 Å². The molecule has 0 amide bonds. The molecule has 1 aromatic carbocycles. The molecule has 2 heterocycles. The maximum Gasteiger partial charge on any atom is 0.267 e. The number of nitrogens with zero attached hydrogens (tertiary/aromatic N) is 4. The number of unbranched alkanes of at least 4 members (excludes halogenated alkanes) is 1. The second-order valence-electron chi connectivity index (χ2n) is 6.65. The zero-order valence-electron chi connectivity index (χ0n) is 15.9. The number of aryl methyl sites for hydroxylation is 1. The van der Waals surface area contributed by atoms with Crippen molar-refractivity contribution < 1.29 is 12.8 Å². The van der Waals surface area contributed by atoms with E-state index in [0.717, 1.165) is 18.4 Å². The minimum atomic E-state index is -3.31. The van der Waals surface area contributed by atoms with Crippen LogP contribution in [0.5, 0.6) is 0 Å². The summed E-state index contributed by atoms with van der Waals surface area (Å²) in [5.41, 5.74) is 7.30. The van der Waals surface area contributed by atoms with Gasteiger partial charge < -0.3 is 10.2 Å². The van der Waals surface area contributed by atoms with Gasteiger partial charge in [-0.05, 0) is 45.4 Å². The highest BCUT2D eigenvalue weighted by Crippen LogP contribution is 2.24. The lowest BCUT2D eigenvalue weighted by atomic mass is 10.1. The van der Waals surface area contributed by atoms with Gasteiger partial charge in [0.1, 0.15) is 5.69 Å². The van der Waals surface area contributed by atoms with Crippen LogP contribution in [0.1, 0.15) is 32.6 Å². The second-order valence-corrected chi connectivity index (χ2v) is 9.16. The van der Waals surface area contributed by atoms with Crippen LogP contribution in [-0.2, 0) is 16.3 Å². The third-order valence-corrected chi connectivity index (χ3v) is 6.43. The molecule has 0 fully saturated rings. The van der Waals surface area contributed by atoms with E-state index in [-0.39, 0.29) is 4.90 Å². The fourth-order valence-corrected chi connectivity index (χ4v) is 3.63. The minimum Gasteiger partial charge on any atom is -0.419 e. The summed E-state index contributed by atoms with van der Waals surface area (Å²) < 4.78 is 30.2. The fourth-order valence-electron chi connectivity index (χ4n) is 2.57. The SMILES string of the molecule is CC(C)S(=O)(=O)c1ccc(-c2cncc(-c3nnc(CCCCN)o3)n2)cc1. The quantitative estimate of drug-likeness (QED) is 0.571. The maximum atomic E-state index is 12.3. The number of aromatic nitrogens is 4. The molecule has 3 aromatic rings. The van der Waals surface area contributed by atoms with Crippen LogP contribution in [0.2, 0.25) is 0 Å². The Morgan fingerprint density at radius 1 is 1.04 bits per heavy atom. The first kappa shape index (κ1) is 20.1. The summed E-state index contributed by atoms with van der Waals surface area (Å²) in [6.07, 6.45) is 5.61. The van der Waals surface area contributed by atoms with E-state index in [1.54, 1.807) is 50.5 Å². The molecule has 0 aliphatic carbocycles. The molecule has 0 aliphatic rings. The molecule has 2 N–H and O–H groups in total. The van der Waals surface area contributed by atoms with Gasteiger partial charge in [-0.3, -0.25) is 4.98 Å². The van der Waals surface area contributed by atoms with Crippen molar-refractivity contribution in [3.63, 3.8) is 0 Å². The standard InChI is InChI=1S/C19H23N5O3S/c1-13(2)28(25,26)15-8-6-14(7-9-15)16-11-21-12-17(22-16)19-24-23-18(27-19)5-3-4-10-20/h6-9,11-13H,3-5,10,20H2,1-2H3. The lowest BCUT2D eigenvalue weighted by molar-refractivity contribution is 0.492. The van der Waals surface area contributed by atoms with Gasteiger partial charge in [0.25, 0.3) is 5.89 Å². The normalized spacial score (nSPS) is 11.9. The average Bonchev–Trinajstić information content (AvgIpc) is 3.17. The number of rotatable bonds is 8. The molecule has 0 saturated carbocycles. The lowest BCUT2D eigenvalue weighted by Gasteiger charge is -2.08. The maximum absolute atomic E-state index is 12.3. The molecule has 28 heavy (non-hydrogen) atoms. The Hall–Kier alpha value is -2.65. The van der Waals surface area contributed by atoms with Crippen LogP contribution in [-0.4, -0.2) is 40.4 Å². The van der Waals surface area contributed by atoms with Crippen molar-refractivity contribution in [3.8, 4) is 22.8 Å². The summed E-state index contributed by atoms with van der Waals surface area (Å²) in [7, 11) is -3.31. The van der Waals surface area contributed by atoms with Gasteiger partial charge in [-0.2, -0.15) is 0 Å². The van der Waals surface area contributed by atoms with Crippen molar-refractivity contribution in [1.82, 2.24) is 20.2 Å². The molecule has 0 radical (unpaired) electrons. The van der Waals surface area contributed by atoms with Gasteiger partial charge in [0.15, 0.2) is 9.84 Å². The summed E-state index contributed by atoms with van der Waals surface area (Å²) in [5.74, 6) is 0.843. The molecule has 0 bridgehead atoms. The lowest BCUT2D eigenvalue weighted by Crippen LogP contribution is -2.13. The number of hydrogen-bond donors (Lipinski definition) is 1. The molecule has 0 spiro atoms. The van der Waals surface area contributed by atoms with E-state index in [1.165, 1.54) is 0 Å². The smallest absolute Gasteiger partial charge is 0.267 e. The average molecular weight is 401 g/mol. The van der Waals surface area contributed by atoms with Crippen molar-refractivity contribution in [2.75, 3.05) is 6.54 Å². The Bertz CT molecular complexity index is 1030. The predicted octanol–water partition coefficient (Wildman–Crippen LogP) is 2.66. The van der Waals surface area contributed by atoms with Crippen LogP contribution in [0.15, 0.2) is 46.0 Å². The van der Waals surface area contributed by atoms with Gasteiger partial charge in [-0.1, -0.05) is 12.1 Å². The molecule has 0 saturated heterocycles. The molecular weight excluding hydrogens is 378 g/mol. The number of sulfone groups is 1. The van der Waals surface area contributed by atoms with Crippen LogP contribution < -0.4 is 5.73 Å². The third kappa shape index (κ3) is 4.42. The summed E-state index contributed by atoms with van der Waals surface area (Å²) in [5, 5.41) is 7.59. The highest BCUT2D eigenvalue weighted by Gasteiger charge is 2.19. The van der Waals surface area contributed by atoms with Crippen LogP contribution in [0, 0.1) is 0 Å². The zero-order valence-corrected chi connectivity index (χ0v) is 16.7. The monoisotopic (exact) mass is 401 g/mol. The van der Waals surface area contributed by atoms with Crippen LogP contribution in [0.4, 0.5) is 0 Å². The molecule has 2 aromatic heterocycles.